The molecule has 1 fully saturated rings. The van der Waals surface area contributed by atoms with Crippen molar-refractivity contribution in [3.05, 3.63) is 39.9 Å². The van der Waals surface area contributed by atoms with Crippen LogP contribution in [0.5, 0.6) is 0 Å². The summed E-state index contributed by atoms with van der Waals surface area (Å²) in [5.74, 6) is -0.298. The van der Waals surface area contributed by atoms with Gasteiger partial charge in [-0.15, -0.1) is 0 Å². The highest BCUT2D eigenvalue weighted by atomic mass is 16.6. The molecule has 6 nitrogen and oxygen atoms in total. The third kappa shape index (κ3) is 2.53. The van der Waals surface area contributed by atoms with E-state index in [-0.39, 0.29) is 23.9 Å². The van der Waals surface area contributed by atoms with Crippen molar-refractivity contribution in [1.82, 2.24) is 4.90 Å². The zero-order valence-corrected chi connectivity index (χ0v) is 9.67. The van der Waals surface area contributed by atoms with Crippen molar-refractivity contribution in [1.29, 1.82) is 0 Å². The van der Waals surface area contributed by atoms with Crippen LogP contribution in [-0.2, 0) is 16.0 Å². The summed E-state index contributed by atoms with van der Waals surface area (Å²) >= 11 is 0. The first-order valence-electron chi connectivity index (χ1n) is 5.64. The molecule has 0 saturated carbocycles. The normalized spacial score (nSPS) is 14.2. The Labute approximate surface area is 103 Å². The van der Waals surface area contributed by atoms with Crippen LogP contribution in [0, 0.1) is 10.1 Å². The third-order valence-corrected chi connectivity index (χ3v) is 2.93. The molecule has 0 atom stereocenters. The number of carbonyl (C=O) groups is 2. The quantitative estimate of drug-likeness (QED) is 0.456. The molecule has 2 rings (SSSR count). The van der Waals surface area contributed by atoms with E-state index in [0.717, 1.165) is 5.56 Å². The van der Waals surface area contributed by atoms with Crippen LogP contribution in [0.25, 0.3) is 0 Å². The Kier molecular flexibility index (Phi) is 3.36. The van der Waals surface area contributed by atoms with Gasteiger partial charge in [-0.1, -0.05) is 12.1 Å². The van der Waals surface area contributed by atoms with E-state index in [2.05, 4.69) is 0 Å². The number of carbonyl (C=O) groups excluding carboxylic acids is 2. The first-order chi connectivity index (χ1) is 8.58. The summed E-state index contributed by atoms with van der Waals surface area (Å²) in [6.07, 6.45) is 1.19. The number of rotatable bonds is 4. The molecule has 6 heteroatoms. The lowest BCUT2D eigenvalue weighted by Crippen LogP contribution is -2.47. The van der Waals surface area contributed by atoms with Crippen LogP contribution in [-0.4, -0.2) is 28.2 Å². The van der Waals surface area contributed by atoms with Crippen molar-refractivity contribution in [2.24, 2.45) is 0 Å². The Morgan fingerprint density at radius 1 is 1.33 bits per heavy atom. The molecule has 0 bridgehead atoms. The maximum absolute atomic E-state index is 11.6. The van der Waals surface area contributed by atoms with E-state index in [1.54, 1.807) is 12.1 Å². The largest absolute Gasteiger partial charge is 0.282 e. The zero-order chi connectivity index (χ0) is 13.1. The molecule has 0 aromatic heterocycles. The van der Waals surface area contributed by atoms with Crippen molar-refractivity contribution in [2.45, 2.75) is 19.3 Å². The Morgan fingerprint density at radius 3 is 2.44 bits per heavy atom. The summed E-state index contributed by atoms with van der Waals surface area (Å²) in [4.78, 5) is 33.8. The predicted octanol–water partition coefficient (Wildman–Crippen LogP) is 1.29. The molecule has 18 heavy (non-hydrogen) atoms. The predicted molar refractivity (Wildman–Crippen MR) is 62.8 cm³/mol. The molecule has 2 amide bonds. The lowest BCUT2D eigenvalue weighted by molar-refractivity contribution is -0.384. The second kappa shape index (κ2) is 4.95. The number of imide groups is 1. The highest BCUT2D eigenvalue weighted by Gasteiger charge is 2.29. The number of hydrogen-bond acceptors (Lipinski definition) is 4. The van der Waals surface area contributed by atoms with Crippen LogP contribution >= 0.6 is 0 Å². The van der Waals surface area contributed by atoms with Gasteiger partial charge >= 0.3 is 0 Å². The molecular formula is C12H12N2O4. The highest BCUT2D eigenvalue weighted by molar-refractivity contribution is 5.99. The van der Waals surface area contributed by atoms with Gasteiger partial charge < -0.3 is 0 Å². The standard InChI is InChI=1S/C12H12N2O4/c15-11(13-8-7-12(13)16)6-3-9-1-4-10(5-2-9)14(17)18/h1-2,4-5H,3,6-8H2. The summed E-state index contributed by atoms with van der Waals surface area (Å²) in [6.45, 7) is 0.512. The Hall–Kier alpha value is -2.24. The van der Waals surface area contributed by atoms with Gasteiger partial charge in [-0.3, -0.25) is 24.6 Å². The highest BCUT2D eigenvalue weighted by Crippen LogP contribution is 2.15. The van der Waals surface area contributed by atoms with Crippen molar-refractivity contribution >= 4 is 17.5 Å². The molecule has 1 saturated heterocycles. The molecule has 0 spiro atoms. The summed E-state index contributed by atoms with van der Waals surface area (Å²) in [5, 5.41) is 10.5. The van der Waals surface area contributed by atoms with Crippen molar-refractivity contribution in [3.63, 3.8) is 0 Å². The van der Waals surface area contributed by atoms with E-state index in [4.69, 9.17) is 0 Å². The Morgan fingerprint density at radius 2 is 2.00 bits per heavy atom. The van der Waals surface area contributed by atoms with E-state index in [9.17, 15) is 19.7 Å². The van der Waals surface area contributed by atoms with Crippen molar-refractivity contribution in [2.75, 3.05) is 6.54 Å². The molecule has 0 aliphatic carbocycles. The molecule has 1 aliphatic rings. The molecule has 1 aromatic carbocycles. The van der Waals surface area contributed by atoms with Gasteiger partial charge in [-0.2, -0.15) is 0 Å². The number of amides is 2. The second-order valence-corrected chi connectivity index (χ2v) is 4.11. The molecule has 0 unspecified atom stereocenters. The maximum atomic E-state index is 11.6. The summed E-state index contributed by atoms with van der Waals surface area (Å²) in [7, 11) is 0. The van der Waals surface area contributed by atoms with Gasteiger partial charge in [-0.25, -0.2) is 0 Å². The average molecular weight is 248 g/mol. The lowest BCUT2D eigenvalue weighted by Gasteiger charge is -2.28. The van der Waals surface area contributed by atoms with Gasteiger partial charge in [0.25, 0.3) is 5.69 Å². The molecule has 1 aliphatic heterocycles. The Balaban J connectivity index is 1.88. The van der Waals surface area contributed by atoms with Gasteiger partial charge in [0, 0.05) is 31.5 Å². The van der Waals surface area contributed by atoms with Crippen molar-refractivity contribution in [3.8, 4) is 0 Å². The fourth-order valence-electron chi connectivity index (χ4n) is 1.75. The van der Waals surface area contributed by atoms with Gasteiger partial charge in [0.05, 0.1) is 4.92 Å². The van der Waals surface area contributed by atoms with Crippen LogP contribution < -0.4 is 0 Å². The summed E-state index contributed by atoms with van der Waals surface area (Å²) < 4.78 is 0. The number of hydrogen-bond donors (Lipinski definition) is 0. The number of nitro groups is 1. The van der Waals surface area contributed by atoms with E-state index in [1.165, 1.54) is 17.0 Å². The summed E-state index contributed by atoms with van der Waals surface area (Å²) in [6, 6.07) is 6.08. The second-order valence-electron chi connectivity index (χ2n) is 4.11. The van der Waals surface area contributed by atoms with Crippen LogP contribution in [0.15, 0.2) is 24.3 Å². The minimum Gasteiger partial charge on any atom is -0.282 e. The fraction of sp³-hybridized carbons (Fsp3) is 0.333. The first kappa shape index (κ1) is 12.2. The van der Waals surface area contributed by atoms with E-state index in [1.807, 2.05) is 0 Å². The molecule has 0 N–H and O–H groups in total. The molecule has 0 radical (unpaired) electrons. The number of non-ortho nitro benzene ring substituents is 1. The SMILES string of the molecule is O=C(CCc1ccc([N+](=O)[O-])cc1)N1CCC1=O. The molecular weight excluding hydrogens is 236 g/mol. The van der Waals surface area contributed by atoms with E-state index >= 15 is 0 Å². The molecule has 1 heterocycles. The Bertz CT molecular complexity index is 495. The number of nitro benzene ring substituents is 1. The molecule has 1 aromatic rings. The van der Waals surface area contributed by atoms with Gasteiger partial charge in [-0.05, 0) is 12.0 Å². The van der Waals surface area contributed by atoms with Gasteiger partial charge in [0.15, 0.2) is 0 Å². The minimum absolute atomic E-state index is 0.0306. The van der Waals surface area contributed by atoms with Gasteiger partial charge in [0.1, 0.15) is 0 Å². The smallest absolute Gasteiger partial charge is 0.269 e. The minimum atomic E-state index is -0.465. The monoisotopic (exact) mass is 248 g/mol. The number of nitrogens with zero attached hydrogens (tertiary/aromatic N) is 2. The van der Waals surface area contributed by atoms with Crippen molar-refractivity contribution < 1.29 is 14.5 Å². The van der Waals surface area contributed by atoms with Gasteiger partial charge in [0.2, 0.25) is 11.8 Å². The third-order valence-electron chi connectivity index (χ3n) is 2.93. The average Bonchev–Trinajstić information content (AvgIpc) is 2.35. The van der Waals surface area contributed by atoms with Crippen LogP contribution in [0.4, 0.5) is 5.69 Å². The molecule has 94 valence electrons. The van der Waals surface area contributed by atoms with E-state index < -0.39 is 4.92 Å². The number of β-lactam (4-membered cyclic amide) rings is 1. The maximum Gasteiger partial charge on any atom is 0.269 e. The van der Waals surface area contributed by atoms with E-state index in [0.29, 0.717) is 19.4 Å². The van der Waals surface area contributed by atoms with Crippen LogP contribution in [0.3, 0.4) is 0 Å². The lowest BCUT2D eigenvalue weighted by atomic mass is 10.1. The van der Waals surface area contributed by atoms with Crippen LogP contribution in [0.1, 0.15) is 18.4 Å². The summed E-state index contributed by atoms with van der Waals surface area (Å²) in [5.41, 5.74) is 0.880. The number of aryl methyl sites for hydroxylation is 1. The number of benzene rings is 1. The number of likely N-dealkylation sites (tertiary alicyclic amines) is 1. The fourth-order valence-corrected chi connectivity index (χ4v) is 1.75. The first-order valence-corrected chi connectivity index (χ1v) is 5.64. The topological polar surface area (TPSA) is 80.5 Å². The zero-order valence-electron chi connectivity index (χ0n) is 9.67. The van der Waals surface area contributed by atoms with Crippen LogP contribution in [0.2, 0.25) is 0 Å².